The molecule has 2 heterocycles. The van der Waals surface area contributed by atoms with E-state index in [0.717, 1.165) is 50.3 Å². The summed E-state index contributed by atoms with van der Waals surface area (Å²) in [6.07, 6.45) is 3.84. The average molecular weight is 464 g/mol. The van der Waals surface area contributed by atoms with E-state index in [1.54, 1.807) is 24.3 Å². The van der Waals surface area contributed by atoms with Crippen LogP contribution in [0.4, 0.5) is 17.1 Å². The molecule has 2 aliphatic heterocycles. The van der Waals surface area contributed by atoms with Crippen molar-refractivity contribution in [3.63, 3.8) is 0 Å². The molecule has 0 aromatic heterocycles. The van der Waals surface area contributed by atoms with E-state index in [-0.39, 0.29) is 13.1 Å². The van der Waals surface area contributed by atoms with E-state index >= 15 is 0 Å². The third-order valence-electron chi connectivity index (χ3n) is 7.19. The number of nitriles is 1. The van der Waals surface area contributed by atoms with Crippen LogP contribution in [-0.4, -0.2) is 61.8 Å². The lowest BCUT2D eigenvalue weighted by Gasteiger charge is -2.36. The van der Waals surface area contributed by atoms with E-state index in [0.29, 0.717) is 35.2 Å². The van der Waals surface area contributed by atoms with Crippen molar-refractivity contribution in [3.8, 4) is 17.6 Å². The Morgan fingerprint density at radius 1 is 1.21 bits per heavy atom. The van der Waals surface area contributed by atoms with Gasteiger partial charge in [-0.3, -0.25) is 4.79 Å². The molecule has 5 rings (SSSR count). The number of fused-ring (bicyclic) bond motifs is 1. The fourth-order valence-electron chi connectivity index (χ4n) is 5.16. The first-order chi connectivity index (χ1) is 16.5. The quantitative estimate of drug-likeness (QED) is 0.635. The van der Waals surface area contributed by atoms with Gasteiger partial charge in [0.25, 0.3) is 5.91 Å². The van der Waals surface area contributed by atoms with Gasteiger partial charge >= 0.3 is 0 Å². The molecule has 1 amide bonds. The third-order valence-corrected chi connectivity index (χ3v) is 7.19. The maximum absolute atomic E-state index is 13.2. The monoisotopic (exact) mass is 463 g/mol. The largest absolute Gasteiger partial charge is 0.508 e. The van der Waals surface area contributed by atoms with Gasteiger partial charge in [-0.2, -0.15) is 5.26 Å². The lowest BCUT2D eigenvalue weighted by Crippen LogP contribution is -2.45. The average Bonchev–Trinajstić information content (AvgIpc) is 3.39. The van der Waals surface area contributed by atoms with Crippen molar-refractivity contribution in [3.05, 3.63) is 41.5 Å². The number of carbonyl (C=O) groups is 1. The smallest absolute Gasteiger partial charge is 0.267 e. The molecule has 1 atom stereocenters. The van der Waals surface area contributed by atoms with Crippen LogP contribution in [0.1, 0.15) is 44.2 Å². The van der Waals surface area contributed by atoms with Gasteiger partial charge in [0.2, 0.25) is 0 Å². The Balaban J connectivity index is 0.00000289. The van der Waals surface area contributed by atoms with Crippen LogP contribution in [-0.2, 0) is 4.79 Å². The summed E-state index contributed by atoms with van der Waals surface area (Å²) in [6, 6.07) is 11.0. The number of amides is 1. The van der Waals surface area contributed by atoms with Crippen molar-refractivity contribution in [2.24, 2.45) is 0 Å². The molecule has 8 nitrogen and oxygen atoms in total. The number of rotatable bonds is 4. The number of phenolic OH excluding ortho intramolecular Hbond substituents is 1. The molecular weight excluding hydrogens is 430 g/mol. The second-order valence-corrected chi connectivity index (χ2v) is 9.50. The van der Waals surface area contributed by atoms with Gasteiger partial charge in [0, 0.05) is 33.7 Å². The minimum atomic E-state index is -0.725. The summed E-state index contributed by atoms with van der Waals surface area (Å²) in [5.41, 5.74) is 3.81. The predicted octanol–water partition coefficient (Wildman–Crippen LogP) is 3.73. The molecule has 1 aliphatic carbocycles. The topological polar surface area (TPSA) is 101 Å². The molecule has 1 unspecified atom stereocenters. The summed E-state index contributed by atoms with van der Waals surface area (Å²) in [5, 5.41) is 26.2. The van der Waals surface area contributed by atoms with Crippen LogP contribution in [0.25, 0.3) is 0 Å². The highest BCUT2D eigenvalue weighted by Gasteiger charge is 2.29. The molecule has 1 saturated carbocycles. The molecule has 2 aromatic rings. The van der Waals surface area contributed by atoms with Gasteiger partial charge in [-0.15, -0.1) is 0 Å². The molecule has 2 fully saturated rings. The maximum atomic E-state index is 13.2. The number of benzene rings is 2. The summed E-state index contributed by atoms with van der Waals surface area (Å²) >= 11 is 0. The molecular formula is C26H33N5O3. The number of nitrogens with zero attached hydrogens (tertiary/aromatic N) is 3. The second-order valence-electron chi connectivity index (χ2n) is 9.50. The van der Waals surface area contributed by atoms with Gasteiger partial charge < -0.3 is 30.3 Å². The fourth-order valence-corrected chi connectivity index (χ4v) is 5.16. The molecule has 0 bridgehead atoms. The van der Waals surface area contributed by atoms with Crippen LogP contribution < -0.4 is 20.3 Å². The van der Waals surface area contributed by atoms with E-state index < -0.39 is 6.10 Å². The second kappa shape index (κ2) is 9.43. The molecule has 34 heavy (non-hydrogen) atoms. The molecule has 8 heteroatoms. The SMILES string of the molecule is CN1CCN(c2cc(C3CCCC3)c(O)cc2NC(=O)C2CNc3cc(C#N)ccc3O2)CC1.[HH]. The number of hydrogen-bond acceptors (Lipinski definition) is 7. The Kier molecular flexibility index (Phi) is 6.20. The van der Waals surface area contributed by atoms with Crippen LogP contribution >= 0.6 is 0 Å². The van der Waals surface area contributed by atoms with E-state index in [2.05, 4.69) is 39.6 Å². The standard InChI is InChI=1S/C26H31N5O3.H2/c1-30-8-10-31(11-9-30)22-13-19(18-4-2-3-5-18)23(32)14-20(22)29-26(33)25-16-28-21-12-17(15-27)6-7-24(21)34-25;/h6-7,12-14,18,25,28,32H,2-5,8-11,16H2,1H3,(H,29,33);1H. The van der Waals surface area contributed by atoms with Crippen molar-refractivity contribution in [1.82, 2.24) is 4.90 Å². The van der Waals surface area contributed by atoms with Crippen LogP contribution in [0.2, 0.25) is 0 Å². The number of anilines is 3. The molecule has 2 aromatic carbocycles. The third kappa shape index (κ3) is 4.48. The highest BCUT2D eigenvalue weighted by atomic mass is 16.5. The van der Waals surface area contributed by atoms with Crippen molar-refractivity contribution < 1.29 is 16.1 Å². The number of carbonyl (C=O) groups excluding carboxylic acids is 1. The van der Waals surface area contributed by atoms with E-state index in [1.165, 1.54) is 12.8 Å². The number of hydrogen-bond donors (Lipinski definition) is 3. The maximum Gasteiger partial charge on any atom is 0.267 e. The molecule has 1 saturated heterocycles. The normalized spacial score (nSPS) is 20.7. The lowest BCUT2D eigenvalue weighted by atomic mass is 9.95. The Morgan fingerprint density at radius 3 is 2.71 bits per heavy atom. The first kappa shape index (κ1) is 22.4. The van der Waals surface area contributed by atoms with Crippen molar-refractivity contribution in [2.45, 2.75) is 37.7 Å². The lowest BCUT2D eigenvalue weighted by molar-refractivity contribution is -0.122. The number of nitrogens with one attached hydrogen (secondary N) is 2. The first-order valence-electron chi connectivity index (χ1n) is 12.1. The van der Waals surface area contributed by atoms with Gasteiger partial charge in [0.1, 0.15) is 11.5 Å². The minimum Gasteiger partial charge on any atom is -0.508 e. The van der Waals surface area contributed by atoms with Crippen molar-refractivity contribution >= 4 is 23.0 Å². The van der Waals surface area contributed by atoms with Gasteiger partial charge in [-0.05, 0) is 55.6 Å². The van der Waals surface area contributed by atoms with Crippen LogP contribution in [0.5, 0.6) is 11.5 Å². The first-order valence-corrected chi connectivity index (χ1v) is 12.1. The number of aromatic hydroxyl groups is 1. The van der Waals surface area contributed by atoms with Crippen molar-refractivity contribution in [2.75, 3.05) is 55.3 Å². The molecule has 180 valence electrons. The molecule has 0 radical (unpaired) electrons. The summed E-state index contributed by atoms with van der Waals surface area (Å²) in [6.45, 7) is 3.92. The number of phenols is 1. The minimum absolute atomic E-state index is 0. The zero-order chi connectivity index (χ0) is 23.7. The number of ether oxygens (including phenoxy) is 1. The van der Waals surface area contributed by atoms with Crippen LogP contribution in [0.15, 0.2) is 30.3 Å². The molecule has 3 aliphatic rings. The predicted molar refractivity (Wildman–Crippen MR) is 134 cm³/mol. The highest BCUT2D eigenvalue weighted by molar-refractivity contribution is 5.98. The number of piperazine rings is 1. The zero-order valence-corrected chi connectivity index (χ0v) is 19.5. The molecule has 3 N–H and O–H groups in total. The summed E-state index contributed by atoms with van der Waals surface area (Å²) < 4.78 is 5.93. The van der Waals surface area contributed by atoms with Crippen LogP contribution in [0, 0.1) is 11.3 Å². The van der Waals surface area contributed by atoms with E-state index in [9.17, 15) is 9.90 Å². The summed E-state index contributed by atoms with van der Waals surface area (Å²) in [4.78, 5) is 17.8. The highest BCUT2D eigenvalue weighted by Crippen LogP contribution is 2.43. The van der Waals surface area contributed by atoms with Crippen molar-refractivity contribution in [1.29, 1.82) is 5.26 Å². The van der Waals surface area contributed by atoms with Gasteiger partial charge in [0.15, 0.2) is 6.10 Å². The van der Waals surface area contributed by atoms with E-state index in [4.69, 9.17) is 10.00 Å². The van der Waals surface area contributed by atoms with Gasteiger partial charge in [-0.1, -0.05) is 12.8 Å². The Morgan fingerprint density at radius 2 is 1.97 bits per heavy atom. The summed E-state index contributed by atoms with van der Waals surface area (Å²) in [7, 11) is 2.12. The fraction of sp³-hybridized carbons (Fsp3) is 0.462. The van der Waals surface area contributed by atoms with Gasteiger partial charge in [-0.25, -0.2) is 0 Å². The zero-order valence-electron chi connectivity index (χ0n) is 19.5. The Hall–Kier alpha value is -3.44. The molecule has 0 spiro atoms. The van der Waals surface area contributed by atoms with E-state index in [1.807, 2.05) is 0 Å². The Labute approximate surface area is 201 Å². The number of likely N-dealkylation sites (N-methyl/N-ethyl adjacent to an activating group) is 1. The Bertz CT molecular complexity index is 1120. The van der Waals surface area contributed by atoms with Crippen LogP contribution in [0.3, 0.4) is 0 Å². The van der Waals surface area contributed by atoms with Gasteiger partial charge in [0.05, 0.1) is 35.2 Å². The summed E-state index contributed by atoms with van der Waals surface area (Å²) in [5.74, 6) is 0.892.